The van der Waals surface area contributed by atoms with E-state index in [0.717, 1.165) is 22.0 Å². The van der Waals surface area contributed by atoms with Crippen molar-refractivity contribution in [3.05, 3.63) is 65.9 Å². The van der Waals surface area contributed by atoms with Crippen LogP contribution in [0.3, 0.4) is 0 Å². The van der Waals surface area contributed by atoms with Crippen molar-refractivity contribution in [1.29, 1.82) is 0 Å². The number of H-pyrrole nitrogens is 1. The van der Waals surface area contributed by atoms with Crippen LogP contribution in [-0.4, -0.2) is 87.0 Å². The Balaban J connectivity index is 1.45. The van der Waals surface area contributed by atoms with Crippen molar-refractivity contribution in [2.45, 2.75) is 62.7 Å². The van der Waals surface area contributed by atoms with Crippen LogP contribution in [0.2, 0.25) is 0 Å². The minimum Gasteiger partial charge on any atom is -0.508 e. The molecule has 45 heavy (non-hydrogen) atoms. The van der Waals surface area contributed by atoms with Crippen molar-refractivity contribution >= 4 is 40.6 Å². The summed E-state index contributed by atoms with van der Waals surface area (Å²) in [4.78, 5) is 60.9. The van der Waals surface area contributed by atoms with E-state index in [1.165, 1.54) is 17.0 Å². The molecule has 0 saturated carbocycles. The first-order valence-corrected chi connectivity index (χ1v) is 14.8. The maximum absolute atomic E-state index is 13.5. The number of benzene rings is 2. The highest BCUT2D eigenvalue weighted by Gasteiger charge is 2.38. The van der Waals surface area contributed by atoms with Gasteiger partial charge < -0.3 is 47.9 Å². The summed E-state index contributed by atoms with van der Waals surface area (Å²) in [5, 5.41) is 25.6. The lowest BCUT2D eigenvalue weighted by Crippen LogP contribution is -2.57. The van der Waals surface area contributed by atoms with E-state index in [1.807, 2.05) is 24.3 Å². The number of carbonyl (C=O) groups excluding carboxylic acids is 3. The average Bonchev–Trinajstić information content (AvgIpc) is 3.66. The Bertz CT molecular complexity index is 1530. The normalized spacial score (nSPS) is 16.5. The quantitative estimate of drug-likeness (QED) is 0.0690. The molecule has 1 aliphatic heterocycles. The SMILES string of the molecule is NC(N)=NCCCC(NC(=O)C1CCCN1C(=O)C(N)Cc1ccc(O)cc1)C(=O)NC(Cc1c[nH]c2ccccc12)C(=O)O. The Morgan fingerprint density at radius 3 is 2.47 bits per heavy atom. The highest BCUT2D eigenvalue weighted by Crippen LogP contribution is 2.21. The molecule has 0 bridgehead atoms. The molecular weight excluding hydrogens is 580 g/mol. The molecule has 0 spiro atoms. The fourth-order valence-electron chi connectivity index (χ4n) is 5.52. The lowest BCUT2D eigenvalue weighted by molar-refractivity contribution is -0.143. The van der Waals surface area contributed by atoms with Gasteiger partial charge in [-0.3, -0.25) is 19.4 Å². The summed E-state index contributed by atoms with van der Waals surface area (Å²) in [6.07, 6.45) is 3.33. The molecule has 11 N–H and O–H groups in total. The van der Waals surface area contributed by atoms with Gasteiger partial charge in [-0.05, 0) is 61.4 Å². The number of phenolic OH excluding ortho intramolecular Hbond substituents is 1. The highest BCUT2D eigenvalue weighted by molar-refractivity contribution is 5.94. The number of aromatic hydroxyl groups is 1. The molecule has 1 fully saturated rings. The van der Waals surface area contributed by atoms with Crippen LogP contribution in [0.25, 0.3) is 10.9 Å². The summed E-state index contributed by atoms with van der Waals surface area (Å²) in [5.41, 5.74) is 19.4. The Morgan fingerprint density at radius 2 is 1.76 bits per heavy atom. The van der Waals surface area contributed by atoms with Crippen LogP contribution < -0.4 is 27.8 Å². The fraction of sp³-hybridized carbons (Fsp3) is 0.387. The number of rotatable bonds is 14. The smallest absolute Gasteiger partial charge is 0.326 e. The second kappa shape index (κ2) is 15.1. The van der Waals surface area contributed by atoms with E-state index < -0.39 is 47.9 Å². The first kappa shape index (κ1) is 32.8. The second-order valence-electron chi connectivity index (χ2n) is 11.1. The lowest BCUT2D eigenvalue weighted by Gasteiger charge is -2.28. The second-order valence-corrected chi connectivity index (χ2v) is 11.1. The number of fused-ring (bicyclic) bond motifs is 1. The average molecular weight is 621 g/mol. The Kier molecular flexibility index (Phi) is 11.0. The molecular formula is C31H40N8O6. The van der Waals surface area contributed by atoms with Crippen molar-refractivity contribution in [3.8, 4) is 5.75 Å². The van der Waals surface area contributed by atoms with Gasteiger partial charge in [-0.1, -0.05) is 30.3 Å². The molecule has 3 aromatic rings. The van der Waals surface area contributed by atoms with E-state index in [2.05, 4.69) is 20.6 Å². The molecule has 0 radical (unpaired) electrons. The molecule has 4 atom stereocenters. The van der Waals surface area contributed by atoms with Crippen molar-refractivity contribution in [2.75, 3.05) is 13.1 Å². The molecule has 1 aliphatic rings. The zero-order valence-electron chi connectivity index (χ0n) is 24.8. The Hall–Kier alpha value is -5.11. The predicted octanol–water partition coefficient (Wildman–Crippen LogP) is 0.0848. The minimum absolute atomic E-state index is 0.0174. The lowest BCUT2D eigenvalue weighted by atomic mass is 10.0. The number of aliphatic carboxylic acids is 1. The summed E-state index contributed by atoms with van der Waals surface area (Å²) in [6, 6.07) is 9.64. The molecule has 14 heteroatoms. The number of aromatic nitrogens is 1. The van der Waals surface area contributed by atoms with Crippen LogP contribution in [0.1, 0.15) is 36.8 Å². The predicted molar refractivity (Wildman–Crippen MR) is 168 cm³/mol. The van der Waals surface area contributed by atoms with E-state index in [4.69, 9.17) is 17.2 Å². The van der Waals surface area contributed by atoms with Crippen LogP contribution in [-0.2, 0) is 32.0 Å². The van der Waals surface area contributed by atoms with Crippen LogP contribution in [0, 0.1) is 0 Å². The van der Waals surface area contributed by atoms with E-state index in [0.29, 0.717) is 25.8 Å². The number of aliphatic imine (C=N–C) groups is 1. The molecule has 1 aromatic heterocycles. The number of para-hydroxylation sites is 1. The number of carbonyl (C=O) groups is 4. The molecule has 4 unspecified atom stereocenters. The number of phenols is 1. The number of guanidine groups is 1. The maximum Gasteiger partial charge on any atom is 0.326 e. The molecule has 2 heterocycles. The summed E-state index contributed by atoms with van der Waals surface area (Å²) in [6.45, 7) is 0.521. The molecule has 2 aromatic carbocycles. The summed E-state index contributed by atoms with van der Waals surface area (Å²) >= 11 is 0. The first-order valence-electron chi connectivity index (χ1n) is 14.8. The Labute approximate surface area is 260 Å². The van der Waals surface area contributed by atoms with Crippen molar-refractivity contribution in [3.63, 3.8) is 0 Å². The van der Waals surface area contributed by atoms with Crippen LogP contribution >= 0.6 is 0 Å². The number of nitrogens with zero attached hydrogens (tertiary/aromatic N) is 2. The van der Waals surface area contributed by atoms with Gasteiger partial charge in [0.15, 0.2) is 5.96 Å². The van der Waals surface area contributed by atoms with E-state index in [1.54, 1.807) is 18.3 Å². The standard InChI is InChI=1S/C31H40N8O6/c32-22(15-18-9-11-20(40)12-10-18)29(43)39-14-4-8-26(39)28(42)37-24(7-3-13-35-31(33)34)27(41)38-25(30(44)45)16-19-17-36-23-6-2-1-5-21(19)23/h1-2,5-6,9-12,17,22,24-26,36,40H,3-4,7-8,13-16,32H2,(H,37,42)(H,38,41)(H,44,45)(H4,33,34,35). The van der Waals surface area contributed by atoms with Crippen LogP contribution in [0.5, 0.6) is 5.75 Å². The molecule has 1 saturated heterocycles. The number of nitrogens with one attached hydrogen (secondary N) is 3. The van der Waals surface area contributed by atoms with Crippen LogP contribution in [0.15, 0.2) is 59.7 Å². The minimum atomic E-state index is -1.27. The van der Waals surface area contributed by atoms with E-state index in [-0.39, 0.29) is 37.5 Å². The summed E-state index contributed by atoms with van der Waals surface area (Å²) < 4.78 is 0. The van der Waals surface area contributed by atoms with Gasteiger partial charge in [0, 0.05) is 36.6 Å². The number of hydrogen-bond donors (Lipinski definition) is 8. The van der Waals surface area contributed by atoms with Gasteiger partial charge in [-0.25, -0.2) is 4.79 Å². The number of carboxylic acid groups (broad SMARTS) is 1. The van der Waals surface area contributed by atoms with Gasteiger partial charge in [0.25, 0.3) is 0 Å². The van der Waals surface area contributed by atoms with Crippen LogP contribution in [0.4, 0.5) is 0 Å². The third kappa shape index (κ3) is 8.72. The zero-order chi connectivity index (χ0) is 32.5. The first-order chi connectivity index (χ1) is 21.5. The van der Waals surface area contributed by atoms with Gasteiger partial charge in [0.2, 0.25) is 17.7 Å². The van der Waals surface area contributed by atoms with Crippen molar-refractivity contribution < 1.29 is 29.4 Å². The van der Waals surface area contributed by atoms with Crippen molar-refractivity contribution in [1.82, 2.24) is 20.5 Å². The summed E-state index contributed by atoms with van der Waals surface area (Å²) in [5.74, 6) is -2.87. The zero-order valence-corrected chi connectivity index (χ0v) is 24.8. The number of aromatic amines is 1. The van der Waals surface area contributed by atoms with Gasteiger partial charge in [-0.2, -0.15) is 0 Å². The van der Waals surface area contributed by atoms with E-state index >= 15 is 0 Å². The van der Waals surface area contributed by atoms with E-state index in [9.17, 15) is 29.4 Å². The number of hydrogen-bond acceptors (Lipinski definition) is 7. The third-order valence-corrected chi connectivity index (χ3v) is 7.84. The third-order valence-electron chi connectivity index (χ3n) is 7.84. The monoisotopic (exact) mass is 620 g/mol. The molecule has 240 valence electrons. The molecule has 3 amide bonds. The Morgan fingerprint density at radius 1 is 1.02 bits per heavy atom. The van der Waals surface area contributed by atoms with Gasteiger partial charge >= 0.3 is 5.97 Å². The molecule has 14 nitrogen and oxygen atoms in total. The van der Waals surface area contributed by atoms with Crippen molar-refractivity contribution in [2.24, 2.45) is 22.2 Å². The van der Waals surface area contributed by atoms with Gasteiger partial charge in [0.1, 0.15) is 23.9 Å². The molecule has 4 rings (SSSR count). The number of likely N-dealkylation sites (tertiary alicyclic amines) is 1. The van der Waals surface area contributed by atoms with Gasteiger partial charge in [0.05, 0.1) is 6.04 Å². The number of nitrogens with two attached hydrogens (primary N) is 3. The topological polar surface area (TPSA) is 242 Å². The summed E-state index contributed by atoms with van der Waals surface area (Å²) in [7, 11) is 0. The highest BCUT2D eigenvalue weighted by atomic mass is 16.4. The fourth-order valence-corrected chi connectivity index (χ4v) is 5.52. The van der Waals surface area contributed by atoms with Gasteiger partial charge in [-0.15, -0.1) is 0 Å². The number of carboxylic acids is 1. The number of amides is 3. The molecule has 0 aliphatic carbocycles. The maximum atomic E-state index is 13.5. The largest absolute Gasteiger partial charge is 0.508 e.